The monoisotopic (exact) mass is 163 g/mol. The minimum absolute atomic E-state index is 0.553. The Hall–Kier alpha value is 0.310. The van der Waals surface area contributed by atoms with Crippen molar-refractivity contribution in [1.82, 2.24) is 0 Å². The molecule has 0 heterocycles. The van der Waals surface area contributed by atoms with Crippen LogP contribution >= 0.6 is 0 Å². The van der Waals surface area contributed by atoms with Crippen LogP contribution in [0.4, 0.5) is 0 Å². The fraction of sp³-hybridized carbons (Fsp3) is 1.00. The Morgan fingerprint density at radius 1 is 1.10 bits per heavy atom. The number of hydrogen-bond donors (Lipinski definition) is 0. The van der Waals surface area contributed by atoms with E-state index < -0.39 is 0 Å². The van der Waals surface area contributed by atoms with Crippen LogP contribution < -0.4 is 0 Å². The summed E-state index contributed by atoms with van der Waals surface area (Å²) in [6.45, 7) is 4.48. The molecule has 0 aliphatic carbocycles. The molecule has 2 heteroatoms. The number of ether oxygens (including phenoxy) is 1. The van der Waals surface area contributed by atoms with Gasteiger partial charge in [-0.15, -0.1) is 0 Å². The highest BCUT2D eigenvalue weighted by atomic mass is 32.2. The molecule has 0 N–H and O–H groups in total. The maximum absolute atomic E-state index is 5.12. The van der Waals surface area contributed by atoms with Crippen LogP contribution in [0, 0.1) is 0 Å². The highest BCUT2D eigenvalue weighted by Crippen LogP contribution is 2.01. The second-order valence-electron chi connectivity index (χ2n) is 2.43. The maximum atomic E-state index is 5.12. The zero-order valence-electron chi connectivity index (χ0n) is 7.35. The Morgan fingerprint density at radius 2 is 1.60 bits per heavy atom. The number of hydrogen-bond acceptors (Lipinski definition) is 1. The second kappa shape index (κ2) is 7.42. The Labute approximate surface area is 67.5 Å². The lowest BCUT2D eigenvalue weighted by Gasteiger charge is -2.03. The van der Waals surface area contributed by atoms with Gasteiger partial charge < -0.3 is 4.74 Å². The summed E-state index contributed by atoms with van der Waals surface area (Å²) < 4.78 is 5.12. The lowest BCUT2D eigenvalue weighted by Crippen LogP contribution is -2.16. The first-order chi connectivity index (χ1) is 4.85. The van der Waals surface area contributed by atoms with E-state index in [-0.39, 0.29) is 0 Å². The predicted molar refractivity (Wildman–Crippen MR) is 49.6 cm³/mol. The van der Waals surface area contributed by atoms with Crippen molar-refractivity contribution >= 4 is 10.9 Å². The van der Waals surface area contributed by atoms with Gasteiger partial charge in [-0.2, -0.15) is 0 Å². The van der Waals surface area contributed by atoms with Crippen molar-refractivity contribution < 1.29 is 4.74 Å². The summed E-state index contributed by atoms with van der Waals surface area (Å²) in [6.07, 6.45) is 2.60. The van der Waals surface area contributed by atoms with Gasteiger partial charge in [-0.3, -0.25) is 0 Å². The van der Waals surface area contributed by atoms with E-state index in [1.165, 1.54) is 24.3 Å². The van der Waals surface area contributed by atoms with Gasteiger partial charge in [0.25, 0.3) is 0 Å². The predicted octanol–water partition coefficient (Wildman–Crippen LogP) is 2.03. The molecule has 0 saturated carbocycles. The van der Waals surface area contributed by atoms with E-state index >= 15 is 0 Å². The van der Waals surface area contributed by atoms with Crippen LogP contribution in [0.5, 0.6) is 0 Å². The fourth-order valence-electron chi connectivity index (χ4n) is 0.964. The minimum atomic E-state index is 0.553. The molecule has 0 aliphatic heterocycles. The molecule has 0 amide bonds. The molecule has 0 rings (SSSR count). The van der Waals surface area contributed by atoms with E-state index in [4.69, 9.17) is 4.74 Å². The van der Waals surface area contributed by atoms with Gasteiger partial charge in [-0.05, 0) is 12.8 Å². The molecule has 0 fully saturated rings. The fourth-order valence-corrected chi connectivity index (χ4v) is 2.89. The zero-order valence-corrected chi connectivity index (χ0v) is 8.17. The third-order valence-electron chi connectivity index (χ3n) is 1.27. The van der Waals surface area contributed by atoms with E-state index in [2.05, 4.69) is 13.8 Å². The van der Waals surface area contributed by atoms with Crippen LogP contribution in [0.3, 0.4) is 0 Å². The first-order valence-electron chi connectivity index (χ1n) is 3.98. The Kier molecular flexibility index (Phi) is 7.65. The van der Waals surface area contributed by atoms with E-state index in [0.29, 0.717) is 10.9 Å². The van der Waals surface area contributed by atoms with Gasteiger partial charge in [0, 0.05) is 18.0 Å². The molecule has 0 aromatic carbocycles. The van der Waals surface area contributed by atoms with E-state index in [1.807, 2.05) is 0 Å². The first kappa shape index (κ1) is 10.3. The molecule has 0 aromatic rings. The minimum Gasteiger partial charge on any atom is -0.339 e. The number of rotatable bonds is 6. The average molecular weight is 163 g/mol. The van der Waals surface area contributed by atoms with Gasteiger partial charge in [-0.25, -0.2) is 0 Å². The molecule has 0 bridgehead atoms. The SMILES string of the molecule is CCC[S+](CCC)COC. The summed E-state index contributed by atoms with van der Waals surface area (Å²) in [5.74, 6) is 3.67. The molecule has 62 valence electrons. The lowest BCUT2D eigenvalue weighted by atomic mass is 10.6. The molecule has 0 aromatic heterocycles. The van der Waals surface area contributed by atoms with Gasteiger partial charge in [-0.1, -0.05) is 13.8 Å². The highest BCUT2D eigenvalue weighted by molar-refractivity contribution is 7.96. The molecular formula is C8H19OS+. The van der Waals surface area contributed by atoms with Crippen LogP contribution in [-0.4, -0.2) is 24.6 Å². The normalized spacial score (nSPS) is 10.8. The lowest BCUT2D eigenvalue weighted by molar-refractivity contribution is 0.256. The van der Waals surface area contributed by atoms with Gasteiger partial charge in [0.05, 0.1) is 0 Å². The van der Waals surface area contributed by atoms with E-state index in [0.717, 1.165) is 5.94 Å². The van der Waals surface area contributed by atoms with Crippen LogP contribution in [0.25, 0.3) is 0 Å². The average Bonchev–Trinajstić information content (AvgIpc) is 1.90. The summed E-state index contributed by atoms with van der Waals surface area (Å²) in [5, 5.41) is 0. The summed E-state index contributed by atoms with van der Waals surface area (Å²) in [4.78, 5) is 0. The molecule has 0 atom stereocenters. The first-order valence-corrected chi connectivity index (χ1v) is 5.71. The quantitative estimate of drug-likeness (QED) is 0.544. The van der Waals surface area contributed by atoms with Crippen molar-refractivity contribution in [2.45, 2.75) is 26.7 Å². The molecular weight excluding hydrogens is 144 g/mol. The molecule has 0 radical (unpaired) electrons. The largest absolute Gasteiger partial charge is 0.339 e. The Balaban J connectivity index is 3.30. The summed E-state index contributed by atoms with van der Waals surface area (Å²) in [5.41, 5.74) is 0. The summed E-state index contributed by atoms with van der Waals surface area (Å²) >= 11 is 0. The topological polar surface area (TPSA) is 9.23 Å². The highest BCUT2D eigenvalue weighted by Gasteiger charge is 2.13. The van der Waals surface area contributed by atoms with Gasteiger partial charge in [0.2, 0.25) is 5.94 Å². The summed E-state index contributed by atoms with van der Waals surface area (Å²) in [6, 6.07) is 0. The van der Waals surface area contributed by atoms with Crippen molar-refractivity contribution in [3.63, 3.8) is 0 Å². The third-order valence-corrected chi connectivity index (χ3v) is 3.81. The molecule has 0 saturated heterocycles. The number of methoxy groups -OCH3 is 1. The molecule has 0 spiro atoms. The molecule has 0 aliphatic rings. The summed E-state index contributed by atoms with van der Waals surface area (Å²) in [7, 11) is 2.35. The molecule has 0 unspecified atom stereocenters. The molecule has 10 heavy (non-hydrogen) atoms. The Morgan fingerprint density at radius 3 is 1.90 bits per heavy atom. The van der Waals surface area contributed by atoms with Gasteiger partial charge in [0.1, 0.15) is 11.5 Å². The van der Waals surface area contributed by atoms with Crippen LogP contribution in [0.2, 0.25) is 0 Å². The molecule has 1 nitrogen and oxygen atoms in total. The third kappa shape index (κ3) is 5.12. The van der Waals surface area contributed by atoms with Crippen molar-refractivity contribution in [2.75, 3.05) is 24.6 Å². The van der Waals surface area contributed by atoms with E-state index in [1.54, 1.807) is 7.11 Å². The van der Waals surface area contributed by atoms with Gasteiger partial charge >= 0.3 is 0 Å². The standard InChI is InChI=1S/C8H19OS/c1-4-6-10(7-5-2)8-9-3/h4-8H2,1-3H3/q+1. The van der Waals surface area contributed by atoms with E-state index in [9.17, 15) is 0 Å². The zero-order chi connectivity index (χ0) is 7.82. The van der Waals surface area contributed by atoms with Crippen molar-refractivity contribution in [2.24, 2.45) is 0 Å². The van der Waals surface area contributed by atoms with Crippen molar-refractivity contribution in [1.29, 1.82) is 0 Å². The van der Waals surface area contributed by atoms with Crippen LogP contribution in [-0.2, 0) is 15.6 Å². The van der Waals surface area contributed by atoms with Crippen molar-refractivity contribution in [3.05, 3.63) is 0 Å². The van der Waals surface area contributed by atoms with Crippen LogP contribution in [0.1, 0.15) is 26.7 Å². The van der Waals surface area contributed by atoms with Crippen molar-refractivity contribution in [3.8, 4) is 0 Å². The maximum Gasteiger partial charge on any atom is 0.207 e. The Bertz CT molecular complexity index is 52.0. The van der Waals surface area contributed by atoms with Crippen LogP contribution in [0.15, 0.2) is 0 Å². The van der Waals surface area contributed by atoms with Gasteiger partial charge in [0.15, 0.2) is 0 Å². The second-order valence-corrected chi connectivity index (χ2v) is 4.70. The smallest absolute Gasteiger partial charge is 0.207 e.